The molecule has 0 amide bonds. The molecule has 0 radical (unpaired) electrons. The van der Waals surface area contributed by atoms with E-state index in [1.807, 2.05) is 12.1 Å². The third-order valence-electron chi connectivity index (χ3n) is 4.13. The van der Waals surface area contributed by atoms with Crippen molar-refractivity contribution in [3.63, 3.8) is 0 Å². The molecule has 1 aromatic carbocycles. The van der Waals surface area contributed by atoms with Crippen LogP contribution in [0.3, 0.4) is 0 Å². The summed E-state index contributed by atoms with van der Waals surface area (Å²) in [5.41, 5.74) is 3.69. The normalized spacial score (nSPS) is 27.4. The van der Waals surface area contributed by atoms with Gasteiger partial charge in [0.2, 0.25) is 0 Å². The Morgan fingerprint density at radius 3 is 3.06 bits per heavy atom. The van der Waals surface area contributed by atoms with E-state index in [1.165, 1.54) is 17.7 Å². The summed E-state index contributed by atoms with van der Waals surface area (Å²) in [4.78, 5) is 3.94. The first-order valence-electron chi connectivity index (χ1n) is 6.24. The van der Waals surface area contributed by atoms with Gasteiger partial charge in [0.15, 0.2) is 11.1 Å². The molecule has 2 aliphatic rings. The second-order valence-electron chi connectivity index (χ2n) is 5.17. The fourth-order valence-corrected chi connectivity index (χ4v) is 3.77. The van der Waals surface area contributed by atoms with Crippen LogP contribution < -0.4 is 5.32 Å². The lowest BCUT2D eigenvalue weighted by molar-refractivity contribution is 0.513. The summed E-state index contributed by atoms with van der Waals surface area (Å²) in [5.74, 6) is 0. The molecule has 0 spiro atoms. The highest BCUT2D eigenvalue weighted by molar-refractivity contribution is 7.79. The van der Waals surface area contributed by atoms with Gasteiger partial charge in [-0.1, -0.05) is 0 Å². The Labute approximate surface area is 107 Å². The van der Waals surface area contributed by atoms with E-state index >= 15 is 0 Å². The minimum atomic E-state index is -1.91. The van der Waals surface area contributed by atoms with Gasteiger partial charge >= 0.3 is 0 Å². The Morgan fingerprint density at radius 1 is 1.33 bits per heavy atom. The Bertz CT molecular complexity index is 664. The molecule has 18 heavy (non-hydrogen) atoms. The molecular formula is C13H14N2O2S. The van der Waals surface area contributed by atoms with Gasteiger partial charge < -0.3 is 14.9 Å². The first-order valence-corrected chi connectivity index (χ1v) is 7.34. The summed E-state index contributed by atoms with van der Waals surface area (Å²) in [6, 6.07) is 6.48. The molecule has 1 saturated heterocycles. The predicted octanol–water partition coefficient (Wildman–Crippen LogP) is 2.10. The van der Waals surface area contributed by atoms with Crippen molar-refractivity contribution in [2.45, 2.75) is 36.2 Å². The van der Waals surface area contributed by atoms with Crippen LogP contribution in [-0.4, -0.2) is 19.8 Å². The molecule has 1 fully saturated rings. The molecule has 3 heterocycles. The number of aromatic nitrogens is 1. The number of rotatable bonds is 1. The fourth-order valence-electron chi connectivity index (χ4n) is 3.37. The maximum Gasteiger partial charge on any atom is 0.186 e. The predicted molar refractivity (Wildman–Crippen MR) is 69.9 cm³/mol. The average Bonchev–Trinajstić information content (AvgIpc) is 2.90. The van der Waals surface area contributed by atoms with Crippen LogP contribution in [0, 0.1) is 0 Å². The lowest BCUT2D eigenvalue weighted by atomic mass is 9.99. The number of H-pyrrole nitrogens is 1. The summed E-state index contributed by atoms with van der Waals surface area (Å²) >= 11 is -1.91. The minimum absolute atomic E-state index is 0.412. The number of aromatic amines is 1. The number of hydrogen-bond donors (Lipinski definition) is 3. The third kappa shape index (κ3) is 1.41. The highest BCUT2D eigenvalue weighted by Crippen LogP contribution is 2.40. The monoisotopic (exact) mass is 262 g/mol. The minimum Gasteiger partial charge on any atom is -0.358 e. The molecule has 3 N–H and O–H groups in total. The fraction of sp³-hybridized carbons (Fsp3) is 0.385. The first kappa shape index (κ1) is 10.7. The second kappa shape index (κ2) is 3.66. The zero-order chi connectivity index (χ0) is 12.3. The van der Waals surface area contributed by atoms with E-state index in [0.717, 1.165) is 23.7 Å². The van der Waals surface area contributed by atoms with Crippen molar-refractivity contribution >= 4 is 22.0 Å². The van der Waals surface area contributed by atoms with Gasteiger partial charge in [-0.3, -0.25) is 0 Å². The SMILES string of the molecule is O=S(O)c1ccc2[nH]c3c(c2c1)C1CCC(C3)N1. The van der Waals surface area contributed by atoms with Gasteiger partial charge in [-0.25, -0.2) is 4.21 Å². The Balaban J connectivity index is 1.97. The van der Waals surface area contributed by atoms with Crippen LogP contribution in [-0.2, 0) is 17.5 Å². The highest BCUT2D eigenvalue weighted by atomic mass is 32.2. The summed E-state index contributed by atoms with van der Waals surface area (Å²) in [6.07, 6.45) is 3.43. The van der Waals surface area contributed by atoms with Crippen LogP contribution in [0.4, 0.5) is 0 Å². The Hall–Kier alpha value is -1.17. The first-order chi connectivity index (χ1) is 8.72. The van der Waals surface area contributed by atoms with Crippen molar-refractivity contribution in [3.05, 3.63) is 29.5 Å². The van der Waals surface area contributed by atoms with E-state index in [4.69, 9.17) is 0 Å². The zero-order valence-electron chi connectivity index (χ0n) is 9.77. The van der Waals surface area contributed by atoms with Crippen molar-refractivity contribution < 1.29 is 8.76 Å². The molecule has 3 atom stereocenters. The van der Waals surface area contributed by atoms with Crippen LogP contribution in [0.25, 0.3) is 10.9 Å². The maximum absolute atomic E-state index is 11.2. The standard InChI is InChI=1S/C13H14N2O2S/c16-18(17)8-2-4-10-9(6-8)13-11-3-1-7(14-11)5-12(13)15-10/h2,4,6-7,11,14-15H,1,3,5H2,(H,16,17). The van der Waals surface area contributed by atoms with E-state index < -0.39 is 11.1 Å². The molecule has 4 nitrogen and oxygen atoms in total. The van der Waals surface area contributed by atoms with Crippen LogP contribution >= 0.6 is 0 Å². The van der Waals surface area contributed by atoms with Gasteiger partial charge in [0, 0.05) is 35.1 Å². The van der Waals surface area contributed by atoms with Gasteiger partial charge in [-0.05, 0) is 36.6 Å². The van der Waals surface area contributed by atoms with Crippen molar-refractivity contribution in [3.8, 4) is 0 Å². The number of nitrogens with one attached hydrogen (secondary N) is 2. The molecule has 94 valence electrons. The van der Waals surface area contributed by atoms with E-state index in [-0.39, 0.29) is 0 Å². The number of benzene rings is 1. The zero-order valence-corrected chi connectivity index (χ0v) is 10.6. The highest BCUT2D eigenvalue weighted by Gasteiger charge is 2.34. The van der Waals surface area contributed by atoms with Crippen LogP contribution in [0.2, 0.25) is 0 Å². The maximum atomic E-state index is 11.2. The molecule has 2 bridgehead atoms. The van der Waals surface area contributed by atoms with Gasteiger partial charge in [0.05, 0.1) is 4.90 Å². The van der Waals surface area contributed by atoms with Gasteiger partial charge in [-0.15, -0.1) is 0 Å². The van der Waals surface area contributed by atoms with Crippen molar-refractivity contribution in [1.82, 2.24) is 10.3 Å². The smallest absolute Gasteiger partial charge is 0.186 e. The van der Waals surface area contributed by atoms with Crippen molar-refractivity contribution in [2.24, 2.45) is 0 Å². The molecule has 4 rings (SSSR count). The quantitative estimate of drug-likeness (QED) is 0.690. The van der Waals surface area contributed by atoms with Crippen LogP contribution in [0.15, 0.2) is 23.1 Å². The molecule has 2 aliphatic heterocycles. The van der Waals surface area contributed by atoms with Crippen LogP contribution in [0.5, 0.6) is 0 Å². The third-order valence-corrected chi connectivity index (χ3v) is 4.79. The second-order valence-corrected chi connectivity index (χ2v) is 6.14. The molecular weight excluding hydrogens is 248 g/mol. The van der Waals surface area contributed by atoms with Crippen molar-refractivity contribution in [1.29, 1.82) is 0 Å². The molecule has 0 aliphatic carbocycles. The average molecular weight is 262 g/mol. The summed E-state index contributed by atoms with van der Waals surface area (Å²) in [6.45, 7) is 0. The van der Waals surface area contributed by atoms with E-state index in [0.29, 0.717) is 17.0 Å². The molecule has 2 aromatic rings. The largest absolute Gasteiger partial charge is 0.358 e. The summed E-state index contributed by atoms with van der Waals surface area (Å²) in [5, 5.41) is 4.71. The Morgan fingerprint density at radius 2 is 2.22 bits per heavy atom. The van der Waals surface area contributed by atoms with Gasteiger partial charge in [0.1, 0.15) is 0 Å². The van der Waals surface area contributed by atoms with Gasteiger partial charge in [-0.2, -0.15) is 0 Å². The van der Waals surface area contributed by atoms with Crippen LogP contribution in [0.1, 0.15) is 30.1 Å². The Kier molecular flexibility index (Phi) is 2.18. The molecule has 3 unspecified atom stereocenters. The number of hydrogen-bond acceptors (Lipinski definition) is 2. The van der Waals surface area contributed by atoms with E-state index in [2.05, 4.69) is 10.3 Å². The summed E-state index contributed by atoms with van der Waals surface area (Å²) in [7, 11) is 0. The molecule has 1 aromatic heterocycles. The topological polar surface area (TPSA) is 65.1 Å². The van der Waals surface area contributed by atoms with E-state index in [9.17, 15) is 8.76 Å². The number of fused-ring (bicyclic) bond motifs is 6. The lowest BCUT2D eigenvalue weighted by Crippen LogP contribution is -2.31. The lowest BCUT2D eigenvalue weighted by Gasteiger charge is -2.21. The summed E-state index contributed by atoms with van der Waals surface area (Å²) < 4.78 is 20.4. The van der Waals surface area contributed by atoms with Crippen molar-refractivity contribution in [2.75, 3.05) is 0 Å². The molecule has 0 saturated carbocycles. The van der Waals surface area contributed by atoms with Gasteiger partial charge in [0.25, 0.3) is 0 Å². The molecule has 5 heteroatoms. The van der Waals surface area contributed by atoms with E-state index in [1.54, 1.807) is 6.07 Å².